The van der Waals surface area contributed by atoms with Gasteiger partial charge in [0.1, 0.15) is 5.75 Å². The maximum Gasteiger partial charge on any atom is 0.118 e. The first-order valence-electron chi connectivity index (χ1n) is 10.3. The molecule has 0 radical (unpaired) electrons. The number of hydrogen-bond acceptors (Lipinski definition) is 3. The minimum atomic E-state index is 0.199. The Labute approximate surface area is 151 Å². The van der Waals surface area contributed by atoms with Crippen molar-refractivity contribution >= 4 is 5.84 Å². The molecule has 4 atom stereocenters. The van der Waals surface area contributed by atoms with E-state index >= 15 is 0 Å². The number of likely N-dealkylation sites (tertiary alicyclic amines) is 1. The number of amidine groups is 1. The van der Waals surface area contributed by atoms with Crippen LogP contribution in [-0.2, 0) is 0 Å². The predicted octanol–water partition coefficient (Wildman–Crippen LogP) is 4.63. The van der Waals surface area contributed by atoms with E-state index in [2.05, 4.69) is 29.2 Å². The summed E-state index contributed by atoms with van der Waals surface area (Å²) < 4.78 is 5.37. The van der Waals surface area contributed by atoms with Gasteiger partial charge in [-0.1, -0.05) is 12.1 Å². The SMILES string of the molecule is COc1ccc(C2C3CCC(C3)C23CCC(N2CCCCC2)=N3)cc1. The van der Waals surface area contributed by atoms with Crippen LogP contribution < -0.4 is 4.74 Å². The van der Waals surface area contributed by atoms with E-state index in [1.165, 1.54) is 75.9 Å². The fourth-order valence-corrected chi connectivity index (χ4v) is 6.37. The summed E-state index contributed by atoms with van der Waals surface area (Å²) in [5, 5.41) is 0. The van der Waals surface area contributed by atoms with Crippen molar-refractivity contribution in [2.45, 2.75) is 62.8 Å². The lowest BCUT2D eigenvalue weighted by atomic mass is 9.69. The van der Waals surface area contributed by atoms with E-state index in [1.54, 1.807) is 7.11 Å². The third-order valence-electron chi connectivity index (χ3n) is 7.47. The standard InChI is InChI=1S/C22H30N2O/c1-25-19-9-6-16(7-10-19)21-17-5-8-18(15-17)22(21)12-11-20(23-22)24-13-3-2-4-14-24/h6-7,9-10,17-18,21H,2-5,8,11-15H2,1H3. The van der Waals surface area contributed by atoms with Crippen molar-refractivity contribution in [1.82, 2.24) is 4.90 Å². The Morgan fingerprint density at radius 2 is 1.88 bits per heavy atom. The average molecular weight is 338 g/mol. The normalized spacial score (nSPS) is 36.9. The lowest BCUT2D eigenvalue weighted by Crippen LogP contribution is -2.39. The molecule has 4 aliphatic rings. The molecule has 0 N–H and O–H groups in total. The van der Waals surface area contributed by atoms with Gasteiger partial charge in [0.25, 0.3) is 0 Å². The van der Waals surface area contributed by atoms with E-state index in [9.17, 15) is 0 Å². The van der Waals surface area contributed by atoms with Crippen LogP contribution in [0.3, 0.4) is 0 Å². The second-order valence-corrected chi connectivity index (χ2v) is 8.59. The van der Waals surface area contributed by atoms with Gasteiger partial charge in [-0.15, -0.1) is 0 Å². The van der Waals surface area contributed by atoms with E-state index in [-0.39, 0.29) is 5.54 Å². The summed E-state index contributed by atoms with van der Waals surface area (Å²) >= 11 is 0. The lowest BCUT2D eigenvalue weighted by Gasteiger charge is -2.39. The van der Waals surface area contributed by atoms with Crippen molar-refractivity contribution in [3.8, 4) is 5.75 Å². The summed E-state index contributed by atoms with van der Waals surface area (Å²) in [5.41, 5.74) is 1.70. The van der Waals surface area contributed by atoms with Crippen molar-refractivity contribution in [1.29, 1.82) is 0 Å². The van der Waals surface area contributed by atoms with Crippen LogP contribution in [0.5, 0.6) is 5.75 Å². The molecule has 0 aromatic heterocycles. The quantitative estimate of drug-likeness (QED) is 0.785. The van der Waals surface area contributed by atoms with Gasteiger partial charge in [-0.05, 0) is 74.5 Å². The highest BCUT2D eigenvalue weighted by Crippen LogP contribution is 2.63. The third kappa shape index (κ3) is 2.42. The monoisotopic (exact) mass is 338 g/mol. The molecular weight excluding hydrogens is 308 g/mol. The molecule has 2 heterocycles. The minimum Gasteiger partial charge on any atom is -0.497 e. The van der Waals surface area contributed by atoms with Gasteiger partial charge in [0.05, 0.1) is 18.5 Å². The molecule has 3 nitrogen and oxygen atoms in total. The molecule has 1 spiro atoms. The molecule has 134 valence electrons. The molecular formula is C22H30N2O. The number of piperidine rings is 1. The molecule has 2 aliphatic carbocycles. The molecule has 2 aliphatic heterocycles. The Kier molecular flexibility index (Phi) is 3.79. The molecule has 1 aromatic rings. The van der Waals surface area contributed by atoms with Crippen LogP contribution in [0.15, 0.2) is 29.3 Å². The maximum absolute atomic E-state index is 5.54. The predicted molar refractivity (Wildman–Crippen MR) is 101 cm³/mol. The van der Waals surface area contributed by atoms with Crippen molar-refractivity contribution in [2.75, 3.05) is 20.2 Å². The number of rotatable bonds is 2. The van der Waals surface area contributed by atoms with E-state index < -0.39 is 0 Å². The first kappa shape index (κ1) is 15.7. The summed E-state index contributed by atoms with van der Waals surface area (Å²) in [7, 11) is 1.75. The number of aliphatic imine (C=N–C) groups is 1. The van der Waals surface area contributed by atoms with E-state index in [4.69, 9.17) is 9.73 Å². The lowest BCUT2D eigenvalue weighted by molar-refractivity contribution is 0.234. The van der Waals surface area contributed by atoms with E-state index in [1.807, 2.05) is 0 Å². The van der Waals surface area contributed by atoms with Crippen molar-refractivity contribution < 1.29 is 4.74 Å². The molecule has 2 bridgehead atoms. The van der Waals surface area contributed by atoms with Crippen molar-refractivity contribution in [2.24, 2.45) is 16.8 Å². The molecule has 1 aromatic carbocycles. The summed E-state index contributed by atoms with van der Waals surface area (Å²) in [6, 6.07) is 8.89. The second kappa shape index (κ2) is 6.03. The Morgan fingerprint density at radius 3 is 2.64 bits per heavy atom. The van der Waals surface area contributed by atoms with Crippen LogP contribution in [0.1, 0.15) is 62.8 Å². The highest BCUT2D eigenvalue weighted by Gasteiger charge is 2.60. The van der Waals surface area contributed by atoms with Crippen LogP contribution in [-0.4, -0.2) is 36.5 Å². The Balaban J connectivity index is 1.48. The average Bonchev–Trinajstić information content (AvgIpc) is 3.38. The van der Waals surface area contributed by atoms with Crippen LogP contribution >= 0.6 is 0 Å². The summed E-state index contributed by atoms with van der Waals surface area (Å²) in [6.45, 7) is 2.46. The second-order valence-electron chi connectivity index (χ2n) is 8.59. The maximum atomic E-state index is 5.54. The van der Waals surface area contributed by atoms with Gasteiger partial charge in [0, 0.05) is 25.4 Å². The zero-order valence-corrected chi connectivity index (χ0v) is 15.4. The molecule has 5 rings (SSSR count). The largest absolute Gasteiger partial charge is 0.497 e. The number of nitrogens with zero attached hydrogens (tertiary/aromatic N) is 2. The van der Waals surface area contributed by atoms with Gasteiger partial charge in [-0.25, -0.2) is 0 Å². The van der Waals surface area contributed by atoms with Crippen LogP contribution in [0, 0.1) is 11.8 Å². The smallest absolute Gasteiger partial charge is 0.118 e. The summed E-state index contributed by atoms with van der Waals surface area (Å²) in [6.07, 6.45) is 10.8. The number of fused-ring (bicyclic) bond motifs is 3. The van der Waals surface area contributed by atoms with Crippen molar-refractivity contribution in [3.05, 3.63) is 29.8 Å². The van der Waals surface area contributed by atoms with Crippen LogP contribution in [0.2, 0.25) is 0 Å². The first-order valence-corrected chi connectivity index (χ1v) is 10.3. The number of ether oxygens (including phenoxy) is 1. The van der Waals surface area contributed by atoms with Gasteiger partial charge in [0.15, 0.2) is 0 Å². The Hall–Kier alpha value is -1.51. The van der Waals surface area contributed by atoms with Gasteiger partial charge in [-0.2, -0.15) is 0 Å². The van der Waals surface area contributed by atoms with Crippen LogP contribution in [0.25, 0.3) is 0 Å². The minimum absolute atomic E-state index is 0.199. The Bertz CT molecular complexity index is 661. The first-order chi connectivity index (χ1) is 12.3. The fourth-order valence-electron chi connectivity index (χ4n) is 6.37. The molecule has 0 amide bonds. The zero-order chi connectivity index (χ0) is 16.9. The zero-order valence-electron chi connectivity index (χ0n) is 15.4. The van der Waals surface area contributed by atoms with Crippen LogP contribution in [0.4, 0.5) is 0 Å². The van der Waals surface area contributed by atoms with E-state index in [0.717, 1.165) is 17.6 Å². The van der Waals surface area contributed by atoms with Gasteiger partial charge >= 0.3 is 0 Å². The molecule has 25 heavy (non-hydrogen) atoms. The summed E-state index contributed by atoms with van der Waals surface area (Å²) in [5.74, 6) is 4.67. The molecule has 2 saturated carbocycles. The highest BCUT2D eigenvalue weighted by atomic mass is 16.5. The fraction of sp³-hybridized carbons (Fsp3) is 0.682. The van der Waals surface area contributed by atoms with Gasteiger partial charge < -0.3 is 9.64 Å². The number of hydrogen-bond donors (Lipinski definition) is 0. The van der Waals surface area contributed by atoms with Gasteiger partial charge in [0.2, 0.25) is 0 Å². The van der Waals surface area contributed by atoms with E-state index in [0.29, 0.717) is 5.92 Å². The third-order valence-corrected chi connectivity index (χ3v) is 7.47. The topological polar surface area (TPSA) is 24.8 Å². The molecule has 3 fully saturated rings. The number of benzene rings is 1. The summed E-state index contributed by atoms with van der Waals surface area (Å²) in [4.78, 5) is 8.14. The van der Waals surface area contributed by atoms with Crippen molar-refractivity contribution in [3.63, 3.8) is 0 Å². The van der Waals surface area contributed by atoms with Gasteiger partial charge in [-0.3, -0.25) is 4.99 Å². The molecule has 4 unspecified atom stereocenters. The molecule has 3 heteroatoms. The molecule has 1 saturated heterocycles. The Morgan fingerprint density at radius 1 is 1.08 bits per heavy atom. The highest BCUT2D eigenvalue weighted by molar-refractivity contribution is 5.85. The number of methoxy groups -OCH3 is 1.